The van der Waals surface area contributed by atoms with Crippen molar-refractivity contribution in [2.45, 2.75) is 19.9 Å². The number of halogens is 2. The van der Waals surface area contributed by atoms with Crippen molar-refractivity contribution >= 4 is 45.9 Å². The molecule has 0 spiro atoms. The summed E-state index contributed by atoms with van der Waals surface area (Å²) in [5.41, 5.74) is 1.03. The SMILES string of the molecule is CCNC(=NCc1cc(Br)ccc1OC)NCCc1ccco1.I. The molecule has 0 bridgehead atoms. The molecule has 0 atom stereocenters. The normalized spacial score (nSPS) is 10.9. The Morgan fingerprint density at radius 1 is 1.29 bits per heavy atom. The molecule has 0 saturated carbocycles. The first kappa shape index (κ1) is 20.8. The van der Waals surface area contributed by atoms with Crippen LogP contribution in [0, 0.1) is 0 Å². The fraction of sp³-hybridized carbons (Fsp3) is 0.353. The van der Waals surface area contributed by atoms with E-state index >= 15 is 0 Å². The average Bonchev–Trinajstić information content (AvgIpc) is 3.06. The lowest BCUT2D eigenvalue weighted by Crippen LogP contribution is -2.38. The lowest BCUT2D eigenvalue weighted by Gasteiger charge is -2.12. The first-order chi connectivity index (χ1) is 11.2. The van der Waals surface area contributed by atoms with Gasteiger partial charge in [0.1, 0.15) is 11.5 Å². The zero-order chi connectivity index (χ0) is 16.5. The van der Waals surface area contributed by atoms with Gasteiger partial charge >= 0.3 is 0 Å². The fourth-order valence-corrected chi connectivity index (χ4v) is 2.54. The van der Waals surface area contributed by atoms with Crippen molar-refractivity contribution in [3.8, 4) is 5.75 Å². The Bertz CT molecular complexity index is 633. The monoisotopic (exact) mass is 507 g/mol. The Morgan fingerprint density at radius 3 is 2.79 bits per heavy atom. The Balaban J connectivity index is 0.00000288. The molecule has 2 N–H and O–H groups in total. The molecule has 1 aromatic carbocycles. The zero-order valence-electron chi connectivity index (χ0n) is 13.8. The van der Waals surface area contributed by atoms with Gasteiger partial charge in [0.25, 0.3) is 0 Å². The lowest BCUT2D eigenvalue weighted by molar-refractivity contribution is 0.409. The number of guanidine groups is 1. The Kier molecular flexibility index (Phi) is 9.85. The highest BCUT2D eigenvalue weighted by Gasteiger charge is 2.04. The maximum absolute atomic E-state index is 5.38. The van der Waals surface area contributed by atoms with E-state index in [0.29, 0.717) is 6.54 Å². The summed E-state index contributed by atoms with van der Waals surface area (Å²) in [5.74, 6) is 2.58. The van der Waals surface area contributed by atoms with Crippen LogP contribution in [0.4, 0.5) is 0 Å². The van der Waals surface area contributed by atoms with Crippen LogP contribution in [-0.2, 0) is 13.0 Å². The lowest BCUT2D eigenvalue weighted by atomic mass is 10.2. The maximum atomic E-state index is 5.38. The summed E-state index contributed by atoms with van der Waals surface area (Å²) in [5, 5.41) is 6.55. The van der Waals surface area contributed by atoms with Crippen molar-refractivity contribution < 1.29 is 9.15 Å². The van der Waals surface area contributed by atoms with Gasteiger partial charge in [-0.05, 0) is 37.3 Å². The smallest absolute Gasteiger partial charge is 0.191 e. The van der Waals surface area contributed by atoms with E-state index in [2.05, 4.69) is 31.6 Å². The minimum Gasteiger partial charge on any atom is -0.496 e. The third-order valence-electron chi connectivity index (χ3n) is 3.24. The number of methoxy groups -OCH3 is 1. The van der Waals surface area contributed by atoms with Crippen molar-refractivity contribution in [3.63, 3.8) is 0 Å². The highest BCUT2D eigenvalue weighted by Crippen LogP contribution is 2.23. The van der Waals surface area contributed by atoms with Crippen LogP contribution in [0.15, 0.2) is 50.5 Å². The molecule has 0 unspecified atom stereocenters. The molecule has 0 amide bonds. The van der Waals surface area contributed by atoms with E-state index in [1.165, 1.54) is 0 Å². The van der Waals surface area contributed by atoms with Crippen LogP contribution in [0.1, 0.15) is 18.2 Å². The summed E-state index contributed by atoms with van der Waals surface area (Å²) in [6.45, 7) is 4.15. The molecule has 0 fully saturated rings. The maximum Gasteiger partial charge on any atom is 0.191 e. The molecular formula is C17H23BrIN3O2. The van der Waals surface area contributed by atoms with Gasteiger partial charge in [-0.25, -0.2) is 4.99 Å². The number of aliphatic imine (C=N–C) groups is 1. The molecule has 0 aliphatic rings. The summed E-state index contributed by atoms with van der Waals surface area (Å²) in [6.07, 6.45) is 2.51. The van der Waals surface area contributed by atoms with Gasteiger partial charge in [-0.15, -0.1) is 24.0 Å². The highest BCUT2D eigenvalue weighted by molar-refractivity contribution is 14.0. The molecule has 1 aromatic heterocycles. The fourth-order valence-electron chi connectivity index (χ4n) is 2.14. The number of ether oxygens (including phenoxy) is 1. The number of benzene rings is 1. The molecule has 0 saturated heterocycles. The number of hydrogen-bond acceptors (Lipinski definition) is 3. The second-order valence-corrected chi connectivity index (χ2v) is 5.82. The van der Waals surface area contributed by atoms with E-state index in [1.54, 1.807) is 13.4 Å². The summed E-state index contributed by atoms with van der Waals surface area (Å²) >= 11 is 3.48. The molecule has 1 heterocycles. The van der Waals surface area contributed by atoms with Crippen molar-refractivity contribution in [2.75, 3.05) is 20.2 Å². The predicted molar refractivity (Wildman–Crippen MR) is 111 cm³/mol. The zero-order valence-corrected chi connectivity index (χ0v) is 17.8. The van der Waals surface area contributed by atoms with Crippen LogP contribution in [0.25, 0.3) is 0 Å². The second kappa shape index (κ2) is 11.4. The van der Waals surface area contributed by atoms with Crippen LogP contribution in [0.3, 0.4) is 0 Å². The predicted octanol–water partition coefficient (Wildman–Crippen LogP) is 3.97. The van der Waals surface area contributed by atoms with Gasteiger partial charge in [0.2, 0.25) is 0 Å². The van der Waals surface area contributed by atoms with E-state index in [1.807, 2.05) is 37.3 Å². The van der Waals surface area contributed by atoms with E-state index in [4.69, 9.17) is 9.15 Å². The van der Waals surface area contributed by atoms with Crippen molar-refractivity contribution in [3.05, 3.63) is 52.4 Å². The van der Waals surface area contributed by atoms with Gasteiger partial charge in [0, 0.05) is 29.5 Å². The number of nitrogens with zero attached hydrogens (tertiary/aromatic N) is 1. The standard InChI is InChI=1S/C17H22BrN3O2.HI/c1-3-19-17(20-9-8-15-5-4-10-23-15)21-12-13-11-14(18)6-7-16(13)22-2;/h4-7,10-11H,3,8-9,12H2,1-2H3,(H2,19,20,21);1H. The Hall–Kier alpha value is -1.22. The highest BCUT2D eigenvalue weighted by atomic mass is 127. The number of furan rings is 1. The van der Waals surface area contributed by atoms with Crippen LogP contribution >= 0.6 is 39.9 Å². The summed E-state index contributed by atoms with van der Waals surface area (Å²) in [4.78, 5) is 4.62. The molecule has 2 rings (SSSR count). The quantitative estimate of drug-likeness (QED) is 0.338. The minimum atomic E-state index is 0. The van der Waals surface area contributed by atoms with E-state index in [-0.39, 0.29) is 24.0 Å². The third kappa shape index (κ3) is 6.72. The number of nitrogens with one attached hydrogen (secondary N) is 2. The Morgan fingerprint density at radius 2 is 2.12 bits per heavy atom. The Labute approximate surface area is 168 Å². The molecule has 2 aromatic rings. The minimum absolute atomic E-state index is 0. The molecule has 0 aliphatic carbocycles. The molecule has 5 nitrogen and oxygen atoms in total. The van der Waals surface area contributed by atoms with Gasteiger partial charge in [0.05, 0.1) is 19.9 Å². The topological polar surface area (TPSA) is 58.8 Å². The van der Waals surface area contributed by atoms with Gasteiger partial charge < -0.3 is 19.8 Å². The molecule has 0 radical (unpaired) electrons. The van der Waals surface area contributed by atoms with Crippen LogP contribution in [-0.4, -0.2) is 26.2 Å². The molecule has 0 aliphatic heterocycles. The van der Waals surface area contributed by atoms with Crippen LogP contribution in [0.2, 0.25) is 0 Å². The van der Waals surface area contributed by atoms with Gasteiger partial charge in [-0.2, -0.15) is 0 Å². The third-order valence-corrected chi connectivity index (χ3v) is 3.73. The first-order valence-corrected chi connectivity index (χ1v) is 8.39. The van der Waals surface area contributed by atoms with Gasteiger partial charge in [-0.3, -0.25) is 0 Å². The van der Waals surface area contributed by atoms with Crippen LogP contribution < -0.4 is 15.4 Å². The molecule has 24 heavy (non-hydrogen) atoms. The van der Waals surface area contributed by atoms with Gasteiger partial charge in [-0.1, -0.05) is 15.9 Å². The molecule has 132 valence electrons. The molecule has 7 heteroatoms. The number of hydrogen-bond donors (Lipinski definition) is 2. The van der Waals surface area contributed by atoms with E-state index in [0.717, 1.165) is 47.0 Å². The van der Waals surface area contributed by atoms with Crippen molar-refractivity contribution in [1.82, 2.24) is 10.6 Å². The largest absolute Gasteiger partial charge is 0.496 e. The second-order valence-electron chi connectivity index (χ2n) is 4.91. The summed E-state index contributed by atoms with van der Waals surface area (Å²) < 4.78 is 11.7. The first-order valence-electron chi connectivity index (χ1n) is 7.60. The van der Waals surface area contributed by atoms with E-state index < -0.39 is 0 Å². The van der Waals surface area contributed by atoms with Crippen molar-refractivity contribution in [1.29, 1.82) is 0 Å². The van der Waals surface area contributed by atoms with Crippen molar-refractivity contribution in [2.24, 2.45) is 4.99 Å². The number of rotatable bonds is 7. The van der Waals surface area contributed by atoms with E-state index in [9.17, 15) is 0 Å². The summed E-state index contributed by atoms with van der Waals surface area (Å²) in [6, 6.07) is 9.78. The summed E-state index contributed by atoms with van der Waals surface area (Å²) in [7, 11) is 1.67. The molecular weight excluding hydrogens is 485 g/mol. The average molecular weight is 508 g/mol. The van der Waals surface area contributed by atoms with Gasteiger partial charge in [0.15, 0.2) is 5.96 Å². The van der Waals surface area contributed by atoms with Crippen LogP contribution in [0.5, 0.6) is 5.75 Å².